The molecule has 0 aliphatic carbocycles. The molecule has 0 aliphatic heterocycles. The first-order valence-electron chi connectivity index (χ1n) is 5.47. The van der Waals surface area contributed by atoms with Crippen molar-refractivity contribution >= 4 is 11.8 Å². The monoisotopic (exact) mass is 214 g/mol. The summed E-state index contributed by atoms with van der Waals surface area (Å²) < 4.78 is 0. The van der Waals surface area contributed by atoms with Gasteiger partial charge in [-0.3, -0.25) is 0 Å². The predicted octanol–water partition coefficient (Wildman–Crippen LogP) is 5.11. The molecule has 84 valence electrons. The van der Waals surface area contributed by atoms with Crippen molar-refractivity contribution in [1.29, 1.82) is 0 Å². The Hall–Kier alpha value is 0.0900. The van der Waals surface area contributed by atoms with Crippen LogP contribution < -0.4 is 0 Å². The zero-order valence-corrected chi connectivity index (χ0v) is 11.6. The molecule has 0 saturated heterocycles. The van der Waals surface area contributed by atoms with E-state index in [0.717, 1.165) is 0 Å². The van der Waals surface area contributed by atoms with E-state index in [0.29, 0.717) is 10.8 Å². The maximum Gasteiger partial charge on any atom is 0.00281 e. The summed E-state index contributed by atoms with van der Waals surface area (Å²) in [5.74, 6) is 1.19. The van der Waals surface area contributed by atoms with Crippen molar-refractivity contribution in [1.82, 2.24) is 0 Å². The van der Waals surface area contributed by atoms with E-state index in [2.05, 4.69) is 48.1 Å². The Kier molecular flexibility index (Phi) is 5.28. The Morgan fingerprint density at radius 1 is 1.14 bits per heavy atom. The van der Waals surface area contributed by atoms with Gasteiger partial charge in [-0.15, -0.1) is 11.8 Å². The summed E-state index contributed by atoms with van der Waals surface area (Å²) in [6.07, 6.45) is 2.55. The zero-order valence-electron chi connectivity index (χ0n) is 10.7. The van der Waals surface area contributed by atoms with Gasteiger partial charge in [0.2, 0.25) is 0 Å². The van der Waals surface area contributed by atoms with Crippen molar-refractivity contribution in [2.45, 2.75) is 54.4 Å². The third-order valence-electron chi connectivity index (χ3n) is 2.62. The Bertz CT molecular complexity index is 189. The molecule has 0 aromatic rings. The van der Waals surface area contributed by atoms with Gasteiger partial charge in [-0.25, -0.2) is 0 Å². The Labute approximate surface area is 94.6 Å². The second-order valence-corrected chi connectivity index (χ2v) is 7.12. The topological polar surface area (TPSA) is 0 Å². The predicted molar refractivity (Wildman–Crippen MR) is 69.7 cm³/mol. The minimum absolute atomic E-state index is 0.420. The van der Waals surface area contributed by atoms with E-state index in [9.17, 15) is 0 Å². The van der Waals surface area contributed by atoms with Crippen LogP contribution >= 0.6 is 11.8 Å². The van der Waals surface area contributed by atoms with E-state index >= 15 is 0 Å². The van der Waals surface area contributed by atoms with Gasteiger partial charge in [0.1, 0.15) is 0 Å². The molecule has 0 heterocycles. The number of allylic oxidation sites excluding steroid dienone is 1. The van der Waals surface area contributed by atoms with Gasteiger partial charge in [-0.05, 0) is 29.1 Å². The average molecular weight is 214 g/mol. The average Bonchev–Trinajstić information content (AvgIpc) is 1.99. The third-order valence-corrected chi connectivity index (χ3v) is 4.04. The number of rotatable bonds is 6. The van der Waals surface area contributed by atoms with Gasteiger partial charge in [0.05, 0.1) is 0 Å². The highest BCUT2D eigenvalue weighted by Crippen LogP contribution is 2.38. The van der Waals surface area contributed by atoms with Crippen molar-refractivity contribution in [3.63, 3.8) is 0 Å². The molecule has 0 N–H and O–H groups in total. The van der Waals surface area contributed by atoms with E-state index in [1.165, 1.54) is 23.5 Å². The zero-order chi connectivity index (χ0) is 11.4. The molecule has 0 aromatic carbocycles. The fourth-order valence-electron chi connectivity index (χ4n) is 1.79. The quantitative estimate of drug-likeness (QED) is 0.592. The first kappa shape index (κ1) is 14.1. The van der Waals surface area contributed by atoms with Gasteiger partial charge < -0.3 is 0 Å². The van der Waals surface area contributed by atoms with Crippen LogP contribution in [0.15, 0.2) is 11.5 Å². The van der Waals surface area contributed by atoms with E-state index < -0.39 is 0 Å². The van der Waals surface area contributed by atoms with E-state index in [1.807, 2.05) is 11.8 Å². The summed E-state index contributed by atoms with van der Waals surface area (Å²) in [4.78, 5) is 1.23. The summed E-state index contributed by atoms with van der Waals surface area (Å²) in [5.41, 5.74) is 0.891. The minimum Gasteiger partial charge on any atom is -0.131 e. The molecule has 1 heteroatoms. The van der Waals surface area contributed by atoms with Crippen molar-refractivity contribution < 1.29 is 0 Å². The van der Waals surface area contributed by atoms with Gasteiger partial charge in [0.15, 0.2) is 0 Å². The SMILES string of the molecule is C=C(C)SCC(C)(C)CC(C)(C)CC. The lowest BCUT2D eigenvalue weighted by Crippen LogP contribution is -2.24. The molecular formula is C13H26S. The van der Waals surface area contributed by atoms with E-state index in [1.54, 1.807) is 0 Å². The third kappa shape index (κ3) is 6.53. The molecule has 0 rings (SSSR count). The second-order valence-electron chi connectivity index (χ2n) is 5.85. The Balaban J connectivity index is 4.12. The summed E-state index contributed by atoms with van der Waals surface area (Å²) in [6, 6.07) is 0. The van der Waals surface area contributed by atoms with Crippen LogP contribution in [0.1, 0.15) is 54.4 Å². The number of hydrogen-bond donors (Lipinski definition) is 0. The second kappa shape index (κ2) is 5.25. The van der Waals surface area contributed by atoms with Crippen LogP contribution in [-0.4, -0.2) is 5.75 Å². The standard InChI is InChI=1S/C13H26S/c1-8-12(4,5)9-13(6,7)10-14-11(2)3/h2,8-10H2,1,3-7H3. The molecule has 0 atom stereocenters. The molecule has 0 aromatic heterocycles. The Morgan fingerprint density at radius 3 is 2.00 bits per heavy atom. The molecule has 0 aliphatic rings. The molecular weight excluding hydrogens is 188 g/mol. The molecule has 0 nitrogen and oxygen atoms in total. The fraction of sp³-hybridized carbons (Fsp3) is 0.846. The maximum absolute atomic E-state index is 3.94. The maximum atomic E-state index is 3.94. The van der Waals surface area contributed by atoms with Crippen LogP contribution in [0.5, 0.6) is 0 Å². The highest BCUT2D eigenvalue weighted by molar-refractivity contribution is 8.03. The lowest BCUT2D eigenvalue weighted by atomic mass is 9.75. The highest BCUT2D eigenvalue weighted by atomic mass is 32.2. The summed E-state index contributed by atoms with van der Waals surface area (Å²) in [7, 11) is 0. The van der Waals surface area contributed by atoms with Gasteiger partial charge in [-0.2, -0.15) is 0 Å². The van der Waals surface area contributed by atoms with Crippen LogP contribution in [0.25, 0.3) is 0 Å². The molecule has 0 radical (unpaired) electrons. The summed E-state index contributed by atoms with van der Waals surface area (Å²) >= 11 is 1.89. The number of hydrogen-bond acceptors (Lipinski definition) is 1. The first-order chi connectivity index (χ1) is 6.18. The normalized spacial score (nSPS) is 13.0. The van der Waals surface area contributed by atoms with Crippen molar-refractivity contribution in [2.75, 3.05) is 5.75 Å². The van der Waals surface area contributed by atoms with Crippen LogP contribution in [0.2, 0.25) is 0 Å². The van der Waals surface area contributed by atoms with E-state index in [-0.39, 0.29) is 0 Å². The molecule has 0 spiro atoms. The molecule has 0 amide bonds. The lowest BCUT2D eigenvalue weighted by molar-refractivity contribution is 0.210. The van der Waals surface area contributed by atoms with Crippen LogP contribution in [-0.2, 0) is 0 Å². The Morgan fingerprint density at radius 2 is 1.64 bits per heavy atom. The van der Waals surface area contributed by atoms with Gasteiger partial charge in [0.25, 0.3) is 0 Å². The highest BCUT2D eigenvalue weighted by Gasteiger charge is 2.27. The van der Waals surface area contributed by atoms with Crippen molar-refractivity contribution in [3.05, 3.63) is 11.5 Å². The van der Waals surface area contributed by atoms with Gasteiger partial charge in [0, 0.05) is 5.75 Å². The smallest absolute Gasteiger partial charge is 0.00281 e. The molecule has 0 bridgehead atoms. The minimum atomic E-state index is 0.420. The van der Waals surface area contributed by atoms with E-state index in [4.69, 9.17) is 0 Å². The molecule has 0 unspecified atom stereocenters. The lowest BCUT2D eigenvalue weighted by Gasteiger charge is -2.34. The van der Waals surface area contributed by atoms with Gasteiger partial charge in [-0.1, -0.05) is 47.6 Å². The fourth-order valence-corrected chi connectivity index (χ4v) is 2.53. The largest absolute Gasteiger partial charge is 0.131 e. The van der Waals surface area contributed by atoms with Gasteiger partial charge >= 0.3 is 0 Å². The van der Waals surface area contributed by atoms with Crippen LogP contribution in [0, 0.1) is 10.8 Å². The summed E-state index contributed by atoms with van der Waals surface area (Å²) in [5, 5.41) is 0. The van der Waals surface area contributed by atoms with Crippen LogP contribution in [0.4, 0.5) is 0 Å². The van der Waals surface area contributed by atoms with Crippen LogP contribution in [0.3, 0.4) is 0 Å². The summed E-state index contributed by atoms with van der Waals surface area (Å²) in [6.45, 7) is 17.8. The van der Waals surface area contributed by atoms with Crippen molar-refractivity contribution in [2.24, 2.45) is 10.8 Å². The van der Waals surface area contributed by atoms with Crippen molar-refractivity contribution in [3.8, 4) is 0 Å². The number of thioether (sulfide) groups is 1. The molecule has 14 heavy (non-hydrogen) atoms. The first-order valence-corrected chi connectivity index (χ1v) is 6.45. The molecule has 0 fully saturated rings. The molecule has 0 saturated carbocycles.